The molecule has 41 heavy (non-hydrogen) atoms. The van der Waals surface area contributed by atoms with E-state index in [2.05, 4.69) is 0 Å². The van der Waals surface area contributed by atoms with Gasteiger partial charge in [-0.05, 0) is 19.8 Å². The Morgan fingerprint density at radius 3 is 2.29 bits per heavy atom. The van der Waals surface area contributed by atoms with Crippen molar-refractivity contribution in [1.82, 2.24) is 0 Å². The number of fused-ring (bicyclic) bond motifs is 4. The van der Waals surface area contributed by atoms with Crippen molar-refractivity contribution in [2.45, 2.75) is 89.7 Å². The maximum Gasteiger partial charge on any atom is 0.347 e. The van der Waals surface area contributed by atoms with E-state index in [1.807, 2.05) is 0 Å². The highest BCUT2D eigenvalue weighted by atomic mass is 16.6. The van der Waals surface area contributed by atoms with Crippen molar-refractivity contribution in [2.75, 3.05) is 7.11 Å². The number of aliphatic hydroxyl groups excluding tert-OH is 1. The third-order valence-electron chi connectivity index (χ3n) is 10.7. The molecule has 10 atom stereocenters. The van der Waals surface area contributed by atoms with Crippen molar-refractivity contribution in [2.24, 2.45) is 28.1 Å². The van der Waals surface area contributed by atoms with E-state index in [0.717, 1.165) is 13.2 Å². The highest BCUT2D eigenvalue weighted by Gasteiger charge is 2.88. The summed E-state index contributed by atoms with van der Waals surface area (Å²) in [6.45, 7) is 7.66. The molecule has 0 aromatic rings. The first kappa shape index (κ1) is 27.8. The van der Waals surface area contributed by atoms with E-state index >= 15 is 0 Å². The van der Waals surface area contributed by atoms with Gasteiger partial charge in [0, 0.05) is 35.3 Å². The highest BCUT2D eigenvalue weighted by molar-refractivity contribution is 5.98. The monoisotopic (exact) mass is 576 g/mol. The fourth-order valence-corrected chi connectivity index (χ4v) is 9.10. The molecule has 1 spiro atoms. The van der Waals surface area contributed by atoms with Crippen molar-refractivity contribution < 1.29 is 62.3 Å². The third kappa shape index (κ3) is 3.03. The van der Waals surface area contributed by atoms with Gasteiger partial charge in [-0.25, -0.2) is 9.59 Å². The van der Waals surface area contributed by atoms with Crippen molar-refractivity contribution in [3.63, 3.8) is 0 Å². The van der Waals surface area contributed by atoms with Crippen LogP contribution in [0.1, 0.15) is 53.9 Å². The van der Waals surface area contributed by atoms with Crippen LogP contribution in [0.2, 0.25) is 0 Å². The number of rotatable bonds is 3. The van der Waals surface area contributed by atoms with Crippen LogP contribution in [0.25, 0.3) is 0 Å². The molecule has 0 radical (unpaired) electrons. The van der Waals surface area contributed by atoms with Crippen LogP contribution in [-0.2, 0) is 57.2 Å². The number of methoxy groups -OCH3 is 1. The number of hydrogen-bond donors (Lipinski definition) is 1. The lowest BCUT2D eigenvalue weighted by Gasteiger charge is -2.53. The van der Waals surface area contributed by atoms with Crippen LogP contribution in [0.15, 0.2) is 11.6 Å². The molecule has 0 amide bonds. The van der Waals surface area contributed by atoms with E-state index in [-0.39, 0.29) is 18.4 Å². The minimum atomic E-state index is -1.73. The van der Waals surface area contributed by atoms with Crippen molar-refractivity contribution >= 4 is 35.6 Å². The quantitative estimate of drug-likeness (QED) is 0.358. The molecular formula is C28H32O13. The number of esters is 5. The van der Waals surface area contributed by atoms with Gasteiger partial charge in [0.05, 0.1) is 25.6 Å². The zero-order valence-corrected chi connectivity index (χ0v) is 23.5. The summed E-state index contributed by atoms with van der Waals surface area (Å²) in [5.41, 5.74) is -7.66. The molecule has 13 nitrogen and oxygen atoms in total. The number of ether oxygens (including phenoxy) is 6. The molecule has 2 aliphatic carbocycles. The second-order valence-electron chi connectivity index (χ2n) is 12.9. The maximum absolute atomic E-state index is 14.6. The van der Waals surface area contributed by atoms with Crippen molar-refractivity contribution in [3.05, 3.63) is 11.6 Å². The normalized spacial score (nSPS) is 47.2. The molecule has 222 valence electrons. The zero-order valence-electron chi connectivity index (χ0n) is 23.5. The first-order valence-electron chi connectivity index (χ1n) is 13.5. The molecule has 1 N–H and O–H groups in total. The van der Waals surface area contributed by atoms with Gasteiger partial charge >= 0.3 is 29.8 Å². The number of carbonyl (C=O) groups excluding carboxylic acids is 6. The predicted octanol–water partition coefficient (Wildman–Crippen LogP) is 0.289. The molecule has 6 rings (SSSR count). The number of cyclic esters (lactones) is 3. The van der Waals surface area contributed by atoms with Gasteiger partial charge in [0.15, 0.2) is 5.60 Å². The summed E-state index contributed by atoms with van der Waals surface area (Å²) < 4.78 is 34.0. The Bertz CT molecular complexity index is 1350. The number of Topliss-reactive ketones (excluding diaryl/α,β-unsaturated/α-hetero) is 1. The van der Waals surface area contributed by atoms with Crippen LogP contribution >= 0.6 is 0 Å². The minimum Gasteiger partial charge on any atom is -0.466 e. The lowest BCUT2D eigenvalue weighted by molar-refractivity contribution is -0.246. The van der Waals surface area contributed by atoms with Gasteiger partial charge in [0.25, 0.3) is 0 Å². The molecule has 3 saturated heterocycles. The van der Waals surface area contributed by atoms with Crippen molar-refractivity contribution in [1.29, 1.82) is 0 Å². The molecule has 10 unspecified atom stereocenters. The van der Waals surface area contributed by atoms with Crippen molar-refractivity contribution in [3.8, 4) is 0 Å². The molecule has 0 aromatic heterocycles. The largest absolute Gasteiger partial charge is 0.466 e. The van der Waals surface area contributed by atoms with Gasteiger partial charge in [-0.3, -0.25) is 19.2 Å². The van der Waals surface area contributed by atoms with Gasteiger partial charge in [-0.2, -0.15) is 0 Å². The Labute approximate surface area is 234 Å². The Morgan fingerprint density at radius 1 is 1.02 bits per heavy atom. The lowest BCUT2D eigenvalue weighted by atomic mass is 9.48. The second kappa shape index (κ2) is 8.15. The summed E-state index contributed by atoms with van der Waals surface area (Å²) in [5.74, 6) is -6.60. The summed E-state index contributed by atoms with van der Waals surface area (Å²) in [5, 5.41) is 10.5. The van der Waals surface area contributed by atoms with Gasteiger partial charge in [0.2, 0.25) is 12.4 Å². The van der Waals surface area contributed by atoms with Gasteiger partial charge < -0.3 is 33.5 Å². The first-order chi connectivity index (χ1) is 19.0. The standard InChI is InChI=1S/C28H32O13/c1-11(29)40-27-8-7-25(4)19(12-9-13(30)38-21(12)33)37-14(31)10-28(25,27)41-20-15(27)18(32)24(2,3)17-16(22(34)36-6)39-23(35)26(17,20)5/h9,15-17,19-21,33H,7-8,10H2,1-6H3. The van der Waals surface area contributed by atoms with Crippen LogP contribution in [-0.4, -0.2) is 83.7 Å². The average Bonchev–Trinajstić information content (AvgIpc) is 3.53. The zero-order chi connectivity index (χ0) is 30.1. The van der Waals surface area contributed by atoms with Crippen LogP contribution in [0.5, 0.6) is 0 Å². The number of hydrogen-bond acceptors (Lipinski definition) is 13. The fourth-order valence-electron chi connectivity index (χ4n) is 9.10. The van der Waals surface area contributed by atoms with Gasteiger partial charge in [-0.1, -0.05) is 20.8 Å². The van der Waals surface area contributed by atoms with Crippen LogP contribution in [0.4, 0.5) is 0 Å². The average molecular weight is 577 g/mol. The summed E-state index contributed by atoms with van der Waals surface area (Å²) >= 11 is 0. The van der Waals surface area contributed by atoms with Gasteiger partial charge in [-0.15, -0.1) is 0 Å². The molecule has 0 aromatic carbocycles. The lowest BCUT2D eigenvalue weighted by Crippen LogP contribution is -2.68. The predicted molar refractivity (Wildman–Crippen MR) is 130 cm³/mol. The Kier molecular flexibility index (Phi) is 5.53. The maximum atomic E-state index is 14.6. The fraction of sp³-hybridized carbons (Fsp3) is 0.714. The highest BCUT2D eigenvalue weighted by Crippen LogP contribution is 2.74. The molecular weight excluding hydrogens is 544 g/mol. The van der Waals surface area contributed by atoms with E-state index in [1.54, 1.807) is 27.7 Å². The molecule has 4 heterocycles. The van der Waals surface area contributed by atoms with E-state index < -0.39 is 106 Å². The summed E-state index contributed by atoms with van der Waals surface area (Å²) in [6, 6.07) is 0. The van der Waals surface area contributed by atoms with Crippen LogP contribution in [0.3, 0.4) is 0 Å². The number of aliphatic hydroxyl groups is 1. The third-order valence-corrected chi connectivity index (χ3v) is 10.7. The van der Waals surface area contributed by atoms with E-state index in [4.69, 9.17) is 28.4 Å². The summed E-state index contributed by atoms with van der Waals surface area (Å²) in [6.07, 6.45) is -4.73. The molecule has 2 saturated carbocycles. The van der Waals surface area contributed by atoms with E-state index in [9.17, 15) is 33.9 Å². The van der Waals surface area contributed by atoms with E-state index in [0.29, 0.717) is 0 Å². The molecule has 0 bridgehead atoms. The number of ketones is 1. The smallest absolute Gasteiger partial charge is 0.347 e. The van der Waals surface area contributed by atoms with E-state index in [1.165, 1.54) is 6.92 Å². The molecule has 6 aliphatic rings. The van der Waals surface area contributed by atoms with Crippen LogP contribution in [0, 0.1) is 28.1 Å². The Morgan fingerprint density at radius 2 is 1.71 bits per heavy atom. The Hall–Kier alpha value is -3.32. The minimum absolute atomic E-state index is 0.0104. The van der Waals surface area contributed by atoms with Crippen LogP contribution < -0.4 is 0 Å². The summed E-state index contributed by atoms with van der Waals surface area (Å²) in [7, 11) is 1.15. The number of carbonyl (C=O) groups is 6. The second-order valence-corrected chi connectivity index (χ2v) is 12.9. The molecule has 5 fully saturated rings. The Balaban J connectivity index is 1.58. The first-order valence-corrected chi connectivity index (χ1v) is 13.5. The molecule has 4 aliphatic heterocycles. The topological polar surface area (TPSA) is 178 Å². The summed E-state index contributed by atoms with van der Waals surface area (Å²) in [4.78, 5) is 79.1. The van der Waals surface area contributed by atoms with Gasteiger partial charge in [0.1, 0.15) is 22.9 Å². The SMILES string of the molecule is COC(=O)C1OC(=O)C2(C)C3OC45CC(=O)OC(C6=CC(=O)OC6O)C4(C)CCC5(OC(C)=O)C3C(=O)C(C)(C)C12. The molecule has 13 heteroatoms.